The van der Waals surface area contributed by atoms with Crippen molar-refractivity contribution in [2.45, 2.75) is 6.42 Å². The number of fused-ring (bicyclic) bond motifs is 2. The molecule has 0 bridgehead atoms. The predicted octanol–water partition coefficient (Wildman–Crippen LogP) is 3.34. The summed E-state index contributed by atoms with van der Waals surface area (Å²) in [4.78, 5) is 29.4. The molecule has 7 nitrogen and oxygen atoms in total. The predicted molar refractivity (Wildman–Crippen MR) is 110 cm³/mol. The van der Waals surface area contributed by atoms with Crippen LogP contribution in [0, 0.1) is 0 Å². The van der Waals surface area contributed by atoms with E-state index in [1.165, 1.54) is 4.90 Å². The molecule has 1 saturated heterocycles. The van der Waals surface area contributed by atoms with Crippen LogP contribution in [-0.4, -0.2) is 50.9 Å². The fraction of sp³-hybridized carbons (Fsp3) is 0.222. The lowest BCUT2D eigenvalue weighted by molar-refractivity contribution is -0.137. The summed E-state index contributed by atoms with van der Waals surface area (Å²) in [5.41, 5.74) is 1.21. The minimum atomic E-state index is -0.991. The SMILES string of the molecule is O=C(O)CCN1C(=O)/C(=C/c2cc3cc4c(cc3nc2Cl)OCCO4)SC1=S. The summed E-state index contributed by atoms with van der Waals surface area (Å²) in [6, 6.07) is 5.40. The standard InChI is InChI=1S/C18H13ClN2O5S2/c19-16-10(7-14-17(24)21(18(27)28-14)2-1-15(22)23)5-9-6-12-13(8-11(9)20-16)26-4-3-25-12/h5-8H,1-4H2,(H,22,23)/b14-7-. The number of aromatic nitrogens is 1. The number of hydrogen-bond donors (Lipinski definition) is 1. The Morgan fingerprint density at radius 1 is 1.32 bits per heavy atom. The molecule has 2 aliphatic rings. The van der Waals surface area contributed by atoms with E-state index in [9.17, 15) is 9.59 Å². The number of hydrogen-bond acceptors (Lipinski definition) is 7. The monoisotopic (exact) mass is 436 g/mol. The van der Waals surface area contributed by atoms with E-state index in [-0.39, 0.29) is 24.0 Å². The number of carbonyl (C=O) groups is 2. The molecule has 1 N–H and O–H groups in total. The van der Waals surface area contributed by atoms with Crippen molar-refractivity contribution in [2.24, 2.45) is 0 Å². The molecule has 0 aliphatic carbocycles. The van der Waals surface area contributed by atoms with Gasteiger partial charge in [-0.15, -0.1) is 0 Å². The highest BCUT2D eigenvalue weighted by Gasteiger charge is 2.32. The molecule has 2 aliphatic heterocycles. The van der Waals surface area contributed by atoms with Crippen molar-refractivity contribution in [2.75, 3.05) is 19.8 Å². The quantitative estimate of drug-likeness (QED) is 0.443. The second-order valence-corrected chi connectivity index (χ2v) is 8.07. The number of thiocarbonyl (C=S) groups is 1. The third-order valence-electron chi connectivity index (χ3n) is 4.17. The molecule has 4 rings (SSSR count). The molecular formula is C18H13ClN2O5S2. The molecule has 144 valence electrons. The summed E-state index contributed by atoms with van der Waals surface area (Å²) in [5, 5.41) is 9.85. The maximum Gasteiger partial charge on any atom is 0.305 e. The van der Waals surface area contributed by atoms with E-state index in [1.807, 2.05) is 12.1 Å². The summed E-state index contributed by atoms with van der Waals surface area (Å²) < 4.78 is 11.5. The van der Waals surface area contributed by atoms with Gasteiger partial charge in [-0.2, -0.15) is 0 Å². The Bertz CT molecular complexity index is 1060. The van der Waals surface area contributed by atoms with E-state index in [4.69, 9.17) is 38.4 Å². The molecule has 0 saturated carbocycles. The molecule has 1 amide bonds. The molecule has 28 heavy (non-hydrogen) atoms. The van der Waals surface area contributed by atoms with Crippen LogP contribution in [0.25, 0.3) is 17.0 Å². The zero-order valence-electron chi connectivity index (χ0n) is 14.3. The lowest BCUT2D eigenvalue weighted by Crippen LogP contribution is -2.30. The highest BCUT2D eigenvalue weighted by molar-refractivity contribution is 8.26. The fourth-order valence-corrected chi connectivity index (χ4v) is 4.35. The Balaban J connectivity index is 1.67. The minimum absolute atomic E-state index is 0.0323. The second kappa shape index (κ2) is 7.57. The number of thioether (sulfide) groups is 1. The summed E-state index contributed by atoms with van der Waals surface area (Å²) in [5.74, 6) is -0.0768. The number of carboxylic acids is 1. The number of pyridine rings is 1. The van der Waals surface area contributed by atoms with Gasteiger partial charge in [0.05, 0.1) is 16.8 Å². The van der Waals surface area contributed by atoms with Crippen LogP contribution in [0.3, 0.4) is 0 Å². The number of nitrogens with zero attached hydrogens (tertiary/aromatic N) is 2. The van der Waals surface area contributed by atoms with Crippen molar-refractivity contribution in [3.63, 3.8) is 0 Å². The minimum Gasteiger partial charge on any atom is -0.486 e. The number of carboxylic acid groups (broad SMARTS) is 1. The summed E-state index contributed by atoms with van der Waals surface area (Å²) in [7, 11) is 0. The van der Waals surface area contributed by atoms with Crippen LogP contribution in [0.15, 0.2) is 23.1 Å². The Labute approximate surface area is 174 Å². The van der Waals surface area contributed by atoms with Crippen molar-refractivity contribution in [3.05, 3.63) is 33.8 Å². The molecule has 1 fully saturated rings. The molecule has 3 heterocycles. The van der Waals surface area contributed by atoms with E-state index in [1.54, 1.807) is 12.1 Å². The second-order valence-electron chi connectivity index (χ2n) is 6.03. The van der Waals surface area contributed by atoms with Gasteiger partial charge in [-0.25, -0.2) is 4.98 Å². The van der Waals surface area contributed by atoms with Gasteiger partial charge in [-0.3, -0.25) is 14.5 Å². The Hall–Kier alpha value is -2.36. The zero-order valence-corrected chi connectivity index (χ0v) is 16.7. The molecule has 0 radical (unpaired) electrons. The highest BCUT2D eigenvalue weighted by Crippen LogP contribution is 2.37. The van der Waals surface area contributed by atoms with Crippen LogP contribution >= 0.6 is 35.6 Å². The molecule has 2 aromatic rings. The molecule has 0 atom stereocenters. The summed E-state index contributed by atoms with van der Waals surface area (Å²) in [6.45, 7) is 0.990. The number of halogens is 1. The summed E-state index contributed by atoms with van der Waals surface area (Å²) >= 11 is 12.6. The van der Waals surface area contributed by atoms with E-state index in [2.05, 4.69) is 4.98 Å². The van der Waals surface area contributed by atoms with Gasteiger partial charge in [0.25, 0.3) is 5.91 Å². The first-order valence-corrected chi connectivity index (χ1v) is 9.90. The number of amides is 1. The third-order valence-corrected chi connectivity index (χ3v) is 5.85. The van der Waals surface area contributed by atoms with Crippen molar-refractivity contribution in [1.82, 2.24) is 9.88 Å². The fourth-order valence-electron chi connectivity index (χ4n) is 2.85. The Morgan fingerprint density at radius 3 is 2.75 bits per heavy atom. The van der Waals surface area contributed by atoms with Crippen LogP contribution in [-0.2, 0) is 9.59 Å². The maximum absolute atomic E-state index is 12.6. The van der Waals surface area contributed by atoms with Gasteiger partial charge < -0.3 is 14.6 Å². The molecule has 0 unspecified atom stereocenters. The molecule has 0 spiro atoms. The normalized spacial score (nSPS) is 17.6. The smallest absolute Gasteiger partial charge is 0.305 e. The van der Waals surface area contributed by atoms with Crippen LogP contribution in [0.5, 0.6) is 11.5 Å². The van der Waals surface area contributed by atoms with Gasteiger partial charge in [-0.1, -0.05) is 35.6 Å². The first-order valence-electron chi connectivity index (χ1n) is 8.29. The number of aliphatic carboxylic acids is 1. The molecular weight excluding hydrogens is 424 g/mol. The van der Waals surface area contributed by atoms with Crippen LogP contribution in [0.4, 0.5) is 0 Å². The van der Waals surface area contributed by atoms with Gasteiger partial charge in [0.1, 0.15) is 22.7 Å². The molecule has 1 aromatic heterocycles. The number of benzene rings is 1. The third kappa shape index (κ3) is 3.65. The first kappa shape index (κ1) is 19.0. The van der Waals surface area contributed by atoms with Gasteiger partial charge >= 0.3 is 5.97 Å². The van der Waals surface area contributed by atoms with E-state index in [0.717, 1.165) is 17.1 Å². The lowest BCUT2D eigenvalue weighted by Gasteiger charge is -2.18. The lowest BCUT2D eigenvalue weighted by atomic mass is 10.1. The highest BCUT2D eigenvalue weighted by atomic mass is 35.5. The average molecular weight is 437 g/mol. The van der Waals surface area contributed by atoms with Crippen LogP contribution in [0.2, 0.25) is 5.15 Å². The Kier molecular flexibility index (Phi) is 5.13. The van der Waals surface area contributed by atoms with Gasteiger partial charge in [0.2, 0.25) is 0 Å². The number of carbonyl (C=O) groups excluding carboxylic acids is 1. The van der Waals surface area contributed by atoms with Crippen LogP contribution < -0.4 is 9.47 Å². The van der Waals surface area contributed by atoms with Crippen molar-refractivity contribution >= 4 is 68.8 Å². The first-order chi connectivity index (χ1) is 13.4. The van der Waals surface area contributed by atoms with Gasteiger partial charge in [-0.05, 0) is 18.2 Å². The van der Waals surface area contributed by atoms with Crippen molar-refractivity contribution in [3.8, 4) is 11.5 Å². The largest absolute Gasteiger partial charge is 0.486 e. The number of ether oxygens (including phenoxy) is 2. The average Bonchev–Trinajstić information content (AvgIpc) is 2.92. The molecule has 10 heteroatoms. The summed E-state index contributed by atoms with van der Waals surface area (Å²) in [6.07, 6.45) is 1.44. The number of rotatable bonds is 4. The Morgan fingerprint density at radius 2 is 2.04 bits per heavy atom. The van der Waals surface area contributed by atoms with Crippen LogP contribution in [0.1, 0.15) is 12.0 Å². The van der Waals surface area contributed by atoms with E-state index >= 15 is 0 Å². The van der Waals surface area contributed by atoms with Crippen molar-refractivity contribution < 1.29 is 24.2 Å². The maximum atomic E-state index is 12.6. The zero-order chi connectivity index (χ0) is 19.8. The topological polar surface area (TPSA) is 89.0 Å². The van der Waals surface area contributed by atoms with Crippen molar-refractivity contribution in [1.29, 1.82) is 0 Å². The van der Waals surface area contributed by atoms with Gasteiger partial charge in [0, 0.05) is 23.6 Å². The van der Waals surface area contributed by atoms with E-state index < -0.39 is 5.97 Å². The van der Waals surface area contributed by atoms with Gasteiger partial charge in [0.15, 0.2) is 11.5 Å². The molecule has 1 aromatic carbocycles. The van der Waals surface area contributed by atoms with E-state index in [0.29, 0.717) is 45.0 Å².